The Morgan fingerprint density at radius 1 is 0.893 bits per heavy atom. The summed E-state index contributed by atoms with van der Waals surface area (Å²) in [6.07, 6.45) is 5.29. The molecule has 0 aliphatic carbocycles. The van der Waals surface area contributed by atoms with E-state index in [0.717, 1.165) is 70.5 Å². The van der Waals surface area contributed by atoms with Gasteiger partial charge in [0.1, 0.15) is 5.69 Å². The molecule has 4 heterocycles. The van der Waals surface area contributed by atoms with Crippen LogP contribution in [0.25, 0.3) is 0 Å². The van der Waals surface area contributed by atoms with Gasteiger partial charge in [0, 0.05) is 76.6 Å². The summed E-state index contributed by atoms with van der Waals surface area (Å²) >= 11 is 0. The number of pyridine rings is 1. The number of rotatable bonds is 4. The molecule has 0 bridgehead atoms. The highest BCUT2D eigenvalue weighted by Crippen LogP contribution is 2.19. The van der Waals surface area contributed by atoms with Gasteiger partial charge in [-0.25, -0.2) is 9.97 Å². The summed E-state index contributed by atoms with van der Waals surface area (Å²) in [7, 11) is 0. The number of carbonyl (C=O) groups is 1. The zero-order chi connectivity index (χ0) is 19.3. The normalized spacial score (nSPS) is 18.4. The highest BCUT2D eigenvalue weighted by molar-refractivity contribution is 5.93. The lowest BCUT2D eigenvalue weighted by Gasteiger charge is -2.36. The summed E-state index contributed by atoms with van der Waals surface area (Å²) in [5, 5.41) is 0. The third kappa shape index (κ3) is 4.06. The maximum Gasteiger partial charge on any atom is 0.272 e. The second-order valence-corrected chi connectivity index (χ2v) is 7.15. The van der Waals surface area contributed by atoms with E-state index < -0.39 is 0 Å². The lowest BCUT2D eigenvalue weighted by atomic mass is 10.2. The van der Waals surface area contributed by atoms with E-state index in [4.69, 9.17) is 0 Å². The molecule has 0 radical (unpaired) electrons. The Kier molecular flexibility index (Phi) is 5.66. The van der Waals surface area contributed by atoms with Crippen molar-refractivity contribution < 1.29 is 4.79 Å². The average Bonchev–Trinajstić information content (AvgIpc) is 2.79. The van der Waals surface area contributed by atoms with Gasteiger partial charge in [0.15, 0.2) is 0 Å². The number of carbonyl (C=O) groups excluding carboxylic acids is 1. The van der Waals surface area contributed by atoms with Gasteiger partial charge in [-0.3, -0.25) is 9.78 Å². The first-order chi connectivity index (χ1) is 13.7. The highest BCUT2D eigenvalue weighted by Gasteiger charge is 2.24. The second-order valence-electron chi connectivity index (χ2n) is 7.15. The fourth-order valence-corrected chi connectivity index (χ4v) is 3.78. The van der Waals surface area contributed by atoms with E-state index in [1.165, 1.54) is 0 Å². The lowest BCUT2D eigenvalue weighted by Crippen LogP contribution is -2.49. The van der Waals surface area contributed by atoms with Crippen molar-refractivity contribution in [3.05, 3.63) is 42.5 Å². The molecular weight excluding hydrogens is 354 g/mol. The Morgan fingerprint density at radius 2 is 1.57 bits per heavy atom. The van der Waals surface area contributed by atoms with Crippen LogP contribution >= 0.6 is 0 Å². The van der Waals surface area contributed by atoms with Crippen LogP contribution in [0.5, 0.6) is 0 Å². The van der Waals surface area contributed by atoms with Crippen LogP contribution < -0.4 is 9.80 Å². The molecule has 2 aromatic heterocycles. The molecule has 2 fully saturated rings. The average molecular weight is 381 g/mol. The maximum absolute atomic E-state index is 12.9. The minimum absolute atomic E-state index is 0.0360. The number of nitrogens with zero attached hydrogens (tertiary/aromatic N) is 7. The Hall–Kier alpha value is -2.74. The van der Waals surface area contributed by atoms with E-state index in [1.807, 2.05) is 23.1 Å². The summed E-state index contributed by atoms with van der Waals surface area (Å²) in [6.45, 7) is 10.1. The van der Waals surface area contributed by atoms with Gasteiger partial charge in [-0.2, -0.15) is 0 Å². The molecule has 0 spiro atoms. The number of piperazine rings is 2. The van der Waals surface area contributed by atoms with Crippen LogP contribution in [-0.2, 0) is 0 Å². The molecule has 8 nitrogen and oxygen atoms in total. The molecule has 0 saturated carbocycles. The smallest absolute Gasteiger partial charge is 0.272 e. The van der Waals surface area contributed by atoms with E-state index in [-0.39, 0.29) is 5.91 Å². The molecule has 0 atom stereocenters. The molecule has 2 aromatic rings. The van der Waals surface area contributed by atoms with E-state index in [1.54, 1.807) is 18.6 Å². The van der Waals surface area contributed by atoms with Crippen molar-refractivity contribution >= 4 is 17.5 Å². The molecule has 2 aliphatic heterocycles. The predicted molar refractivity (Wildman–Crippen MR) is 109 cm³/mol. The van der Waals surface area contributed by atoms with E-state index in [9.17, 15) is 4.79 Å². The van der Waals surface area contributed by atoms with Crippen molar-refractivity contribution in [1.29, 1.82) is 0 Å². The number of aromatic nitrogens is 3. The minimum atomic E-state index is 0.0360. The summed E-state index contributed by atoms with van der Waals surface area (Å²) in [5.74, 6) is 0.813. The van der Waals surface area contributed by atoms with Gasteiger partial charge < -0.3 is 19.6 Å². The molecule has 0 N–H and O–H groups in total. The summed E-state index contributed by atoms with van der Waals surface area (Å²) < 4.78 is 0. The van der Waals surface area contributed by atoms with Gasteiger partial charge >= 0.3 is 0 Å². The van der Waals surface area contributed by atoms with E-state index >= 15 is 0 Å². The van der Waals surface area contributed by atoms with Gasteiger partial charge in [0.2, 0.25) is 5.95 Å². The van der Waals surface area contributed by atoms with Crippen molar-refractivity contribution in [3.63, 3.8) is 0 Å². The van der Waals surface area contributed by atoms with Crippen LogP contribution in [0, 0.1) is 0 Å². The number of hydrogen-bond donors (Lipinski definition) is 0. The van der Waals surface area contributed by atoms with Gasteiger partial charge in [-0.05, 0) is 24.7 Å². The van der Waals surface area contributed by atoms with Crippen molar-refractivity contribution in [3.8, 4) is 0 Å². The first-order valence-corrected chi connectivity index (χ1v) is 9.99. The van der Waals surface area contributed by atoms with Crippen LogP contribution in [0.1, 0.15) is 17.4 Å². The maximum atomic E-state index is 12.9. The molecule has 0 unspecified atom stereocenters. The number of likely N-dealkylation sites (N-methyl/N-ethyl adjacent to an activating group) is 1. The van der Waals surface area contributed by atoms with E-state index in [2.05, 4.69) is 36.6 Å². The monoisotopic (exact) mass is 381 g/mol. The van der Waals surface area contributed by atoms with E-state index in [0.29, 0.717) is 5.69 Å². The minimum Gasteiger partial charge on any atom is -0.368 e. The number of anilines is 2. The first-order valence-electron chi connectivity index (χ1n) is 9.99. The zero-order valence-corrected chi connectivity index (χ0v) is 16.4. The van der Waals surface area contributed by atoms with Crippen LogP contribution in [0.4, 0.5) is 11.6 Å². The third-order valence-corrected chi connectivity index (χ3v) is 5.55. The Morgan fingerprint density at radius 3 is 2.25 bits per heavy atom. The highest BCUT2D eigenvalue weighted by atomic mass is 16.2. The second kappa shape index (κ2) is 8.52. The molecular formula is C20H27N7O. The van der Waals surface area contributed by atoms with Crippen molar-refractivity contribution in [2.45, 2.75) is 6.92 Å². The van der Waals surface area contributed by atoms with Gasteiger partial charge in [-0.1, -0.05) is 6.92 Å². The standard InChI is InChI=1S/C20H27N7O/c1-2-24-8-10-26(11-9-24)19(28)18-16-17(4-7-21-18)25-12-14-27(15-13-25)20-22-5-3-6-23-20/h3-7,16H,2,8-15H2,1H3. The molecule has 1 amide bonds. The molecule has 4 rings (SSSR count). The number of hydrogen-bond acceptors (Lipinski definition) is 7. The fraction of sp³-hybridized carbons (Fsp3) is 0.500. The predicted octanol–water partition coefficient (Wildman–Crippen LogP) is 0.976. The third-order valence-electron chi connectivity index (χ3n) is 5.55. The van der Waals surface area contributed by atoms with Gasteiger partial charge in [0.25, 0.3) is 5.91 Å². The molecule has 8 heteroatoms. The van der Waals surface area contributed by atoms with Crippen LogP contribution in [0.2, 0.25) is 0 Å². The Bertz CT molecular complexity index is 784. The lowest BCUT2D eigenvalue weighted by molar-refractivity contribution is 0.0637. The molecule has 0 aromatic carbocycles. The van der Waals surface area contributed by atoms with Crippen LogP contribution in [0.15, 0.2) is 36.8 Å². The molecule has 148 valence electrons. The van der Waals surface area contributed by atoms with Crippen LogP contribution in [0.3, 0.4) is 0 Å². The Balaban J connectivity index is 1.38. The van der Waals surface area contributed by atoms with Crippen molar-refractivity contribution in [2.24, 2.45) is 0 Å². The van der Waals surface area contributed by atoms with Gasteiger partial charge in [-0.15, -0.1) is 0 Å². The first kappa shape index (κ1) is 18.6. The van der Waals surface area contributed by atoms with Crippen LogP contribution in [-0.4, -0.2) is 89.6 Å². The SMILES string of the molecule is CCN1CCN(C(=O)c2cc(N3CCN(c4ncccn4)CC3)ccn2)CC1. The Labute approximate surface area is 165 Å². The fourth-order valence-electron chi connectivity index (χ4n) is 3.78. The topological polar surface area (TPSA) is 68.7 Å². The summed E-state index contributed by atoms with van der Waals surface area (Å²) in [4.78, 5) is 34.7. The van der Waals surface area contributed by atoms with Gasteiger partial charge in [0.05, 0.1) is 0 Å². The zero-order valence-electron chi connectivity index (χ0n) is 16.4. The quantitative estimate of drug-likeness (QED) is 0.782. The number of amides is 1. The van der Waals surface area contributed by atoms with Crippen molar-refractivity contribution in [1.82, 2.24) is 24.8 Å². The molecule has 2 saturated heterocycles. The largest absolute Gasteiger partial charge is 0.368 e. The molecule has 2 aliphatic rings. The summed E-state index contributed by atoms with van der Waals surface area (Å²) in [5.41, 5.74) is 1.59. The summed E-state index contributed by atoms with van der Waals surface area (Å²) in [6, 6.07) is 5.75. The molecule has 28 heavy (non-hydrogen) atoms. The van der Waals surface area contributed by atoms with Crippen molar-refractivity contribution in [2.75, 3.05) is 68.7 Å².